The summed E-state index contributed by atoms with van der Waals surface area (Å²) in [6.07, 6.45) is 3.33. The van der Waals surface area contributed by atoms with E-state index in [1.807, 2.05) is 18.2 Å². The highest BCUT2D eigenvalue weighted by atomic mass is 79.9. The van der Waals surface area contributed by atoms with E-state index in [-0.39, 0.29) is 6.42 Å². The Morgan fingerprint density at radius 3 is 2.93 bits per heavy atom. The number of hydrogen-bond acceptors (Lipinski definition) is 2. The van der Waals surface area contributed by atoms with Crippen molar-refractivity contribution in [2.45, 2.75) is 6.42 Å². The predicted octanol–water partition coefficient (Wildman–Crippen LogP) is 2.62. The van der Waals surface area contributed by atoms with Crippen LogP contribution in [0.5, 0.6) is 0 Å². The Balaban J connectivity index is 2.63. The van der Waals surface area contributed by atoms with Crippen LogP contribution in [0.15, 0.2) is 35.1 Å². The van der Waals surface area contributed by atoms with Crippen molar-refractivity contribution in [1.82, 2.24) is 4.98 Å². The molecule has 76 valence electrons. The van der Waals surface area contributed by atoms with Gasteiger partial charge in [0, 0.05) is 22.3 Å². The van der Waals surface area contributed by atoms with E-state index >= 15 is 0 Å². The minimum absolute atomic E-state index is 0.000787. The summed E-state index contributed by atoms with van der Waals surface area (Å²) in [4.78, 5) is 14.7. The third-order valence-electron chi connectivity index (χ3n) is 2.15. The molecule has 0 aliphatic heterocycles. The lowest BCUT2D eigenvalue weighted by atomic mass is 10.1. The number of aliphatic carboxylic acids is 1. The normalized spacial score (nSPS) is 10.5. The molecule has 15 heavy (non-hydrogen) atoms. The number of benzene rings is 1. The van der Waals surface area contributed by atoms with E-state index in [0.717, 1.165) is 20.8 Å². The monoisotopic (exact) mass is 265 g/mol. The van der Waals surface area contributed by atoms with Gasteiger partial charge in [0.2, 0.25) is 0 Å². The molecule has 0 bridgehead atoms. The number of hydrogen-bond donors (Lipinski definition) is 1. The molecule has 3 nitrogen and oxygen atoms in total. The second-order valence-corrected chi connectivity index (χ2v) is 4.15. The zero-order valence-corrected chi connectivity index (χ0v) is 9.36. The first-order chi connectivity index (χ1) is 7.16. The second-order valence-electron chi connectivity index (χ2n) is 3.23. The lowest BCUT2D eigenvalue weighted by Crippen LogP contribution is -2.01. The van der Waals surface area contributed by atoms with Gasteiger partial charge in [0.05, 0.1) is 6.42 Å². The average molecular weight is 266 g/mol. The van der Waals surface area contributed by atoms with Crippen molar-refractivity contribution < 1.29 is 9.90 Å². The van der Waals surface area contributed by atoms with Crippen molar-refractivity contribution in [3.63, 3.8) is 0 Å². The molecule has 0 unspecified atom stereocenters. The summed E-state index contributed by atoms with van der Waals surface area (Å²) >= 11 is 3.36. The first-order valence-electron chi connectivity index (χ1n) is 4.41. The van der Waals surface area contributed by atoms with Crippen molar-refractivity contribution in [2.75, 3.05) is 0 Å². The van der Waals surface area contributed by atoms with Crippen LogP contribution in [0.2, 0.25) is 0 Å². The zero-order chi connectivity index (χ0) is 10.8. The van der Waals surface area contributed by atoms with E-state index < -0.39 is 5.97 Å². The fourth-order valence-corrected chi connectivity index (χ4v) is 1.86. The van der Waals surface area contributed by atoms with Gasteiger partial charge in [0.15, 0.2) is 0 Å². The van der Waals surface area contributed by atoms with Crippen LogP contribution in [0.4, 0.5) is 0 Å². The van der Waals surface area contributed by atoms with E-state index in [1.165, 1.54) is 0 Å². The summed E-state index contributed by atoms with van der Waals surface area (Å²) in [5.41, 5.74) is 0.737. The Morgan fingerprint density at radius 1 is 1.40 bits per heavy atom. The Labute approximate surface area is 94.9 Å². The third-order valence-corrected chi connectivity index (χ3v) is 2.64. The number of carboxylic acid groups (broad SMARTS) is 1. The molecule has 2 aromatic rings. The van der Waals surface area contributed by atoms with Gasteiger partial charge in [-0.3, -0.25) is 9.78 Å². The fraction of sp³-hybridized carbons (Fsp3) is 0.0909. The summed E-state index contributed by atoms with van der Waals surface area (Å²) in [5.74, 6) is -0.843. The van der Waals surface area contributed by atoms with E-state index in [4.69, 9.17) is 5.11 Å². The van der Waals surface area contributed by atoms with Crippen LogP contribution < -0.4 is 0 Å². The summed E-state index contributed by atoms with van der Waals surface area (Å²) in [6.45, 7) is 0. The summed E-state index contributed by atoms with van der Waals surface area (Å²) in [6, 6.07) is 5.74. The maximum Gasteiger partial charge on any atom is 0.307 e. The maximum absolute atomic E-state index is 10.7. The lowest BCUT2D eigenvalue weighted by Gasteiger charge is -2.03. The smallest absolute Gasteiger partial charge is 0.307 e. The fourth-order valence-electron chi connectivity index (χ4n) is 1.50. The van der Waals surface area contributed by atoms with E-state index in [9.17, 15) is 4.79 Å². The molecule has 1 heterocycles. The number of pyridine rings is 1. The first-order valence-corrected chi connectivity index (χ1v) is 5.20. The molecule has 1 aromatic heterocycles. The number of carboxylic acids is 1. The molecule has 0 saturated heterocycles. The minimum atomic E-state index is -0.843. The lowest BCUT2D eigenvalue weighted by molar-refractivity contribution is -0.136. The number of carbonyl (C=O) groups is 1. The number of aromatic nitrogens is 1. The van der Waals surface area contributed by atoms with Crippen molar-refractivity contribution in [2.24, 2.45) is 0 Å². The molecule has 0 saturated carbocycles. The third kappa shape index (κ3) is 2.15. The second kappa shape index (κ2) is 3.98. The van der Waals surface area contributed by atoms with Crippen LogP contribution in [0.1, 0.15) is 5.56 Å². The van der Waals surface area contributed by atoms with Gasteiger partial charge in [-0.2, -0.15) is 0 Å². The van der Waals surface area contributed by atoms with E-state index in [2.05, 4.69) is 20.9 Å². The average Bonchev–Trinajstić information content (AvgIpc) is 2.18. The molecule has 0 aliphatic carbocycles. The van der Waals surface area contributed by atoms with Gasteiger partial charge in [-0.1, -0.05) is 22.0 Å². The summed E-state index contributed by atoms with van der Waals surface area (Å²) in [5, 5.41) is 10.6. The van der Waals surface area contributed by atoms with Crippen LogP contribution in [0, 0.1) is 0 Å². The molecule has 0 atom stereocenters. The van der Waals surface area contributed by atoms with Gasteiger partial charge in [0.1, 0.15) is 0 Å². The largest absolute Gasteiger partial charge is 0.481 e. The molecule has 0 fully saturated rings. The zero-order valence-electron chi connectivity index (χ0n) is 7.77. The highest BCUT2D eigenvalue weighted by Crippen LogP contribution is 2.22. The van der Waals surface area contributed by atoms with Crippen molar-refractivity contribution >= 4 is 32.7 Å². The molecule has 0 amide bonds. The Bertz CT molecular complexity index is 525. The van der Waals surface area contributed by atoms with Gasteiger partial charge in [0.25, 0.3) is 0 Å². The predicted molar refractivity (Wildman–Crippen MR) is 60.8 cm³/mol. The van der Waals surface area contributed by atoms with E-state index in [1.54, 1.807) is 12.4 Å². The molecule has 0 aliphatic rings. The van der Waals surface area contributed by atoms with Crippen molar-refractivity contribution in [3.05, 3.63) is 40.6 Å². The van der Waals surface area contributed by atoms with Crippen LogP contribution in [0.25, 0.3) is 10.8 Å². The number of fused-ring (bicyclic) bond motifs is 1. The van der Waals surface area contributed by atoms with Crippen LogP contribution in [-0.2, 0) is 11.2 Å². The molecule has 0 radical (unpaired) electrons. The number of halogens is 1. The topological polar surface area (TPSA) is 50.2 Å². The van der Waals surface area contributed by atoms with Gasteiger partial charge in [-0.25, -0.2) is 0 Å². The number of rotatable bonds is 2. The summed E-state index contributed by atoms with van der Waals surface area (Å²) in [7, 11) is 0. The Morgan fingerprint density at radius 2 is 2.20 bits per heavy atom. The van der Waals surface area contributed by atoms with Crippen LogP contribution in [0.3, 0.4) is 0 Å². The highest BCUT2D eigenvalue weighted by molar-refractivity contribution is 9.10. The molecule has 4 heteroatoms. The molecule has 2 rings (SSSR count). The standard InChI is InChI=1S/C11H8BrNO2/c12-9-2-1-7-5-13-6-8(3-11(14)15)10(7)4-9/h1-2,4-6H,3H2,(H,14,15). The molecule has 1 N–H and O–H groups in total. The molecule has 0 spiro atoms. The molecular formula is C11H8BrNO2. The van der Waals surface area contributed by atoms with Gasteiger partial charge < -0.3 is 5.11 Å². The Hall–Kier alpha value is -1.42. The van der Waals surface area contributed by atoms with Crippen molar-refractivity contribution in [3.8, 4) is 0 Å². The maximum atomic E-state index is 10.7. The Kier molecular flexibility index (Phi) is 2.68. The van der Waals surface area contributed by atoms with Crippen LogP contribution >= 0.6 is 15.9 Å². The van der Waals surface area contributed by atoms with Gasteiger partial charge in [-0.15, -0.1) is 0 Å². The highest BCUT2D eigenvalue weighted by Gasteiger charge is 2.06. The van der Waals surface area contributed by atoms with Crippen molar-refractivity contribution in [1.29, 1.82) is 0 Å². The quantitative estimate of drug-likeness (QED) is 0.908. The minimum Gasteiger partial charge on any atom is -0.481 e. The summed E-state index contributed by atoms with van der Waals surface area (Å²) < 4.78 is 0.938. The van der Waals surface area contributed by atoms with Gasteiger partial charge >= 0.3 is 5.97 Å². The SMILES string of the molecule is O=C(O)Cc1cncc2ccc(Br)cc12. The first kappa shape index (κ1) is 10.1. The molecular weight excluding hydrogens is 258 g/mol. The molecule has 1 aromatic carbocycles. The van der Waals surface area contributed by atoms with Gasteiger partial charge in [-0.05, 0) is 23.1 Å². The number of nitrogens with zero attached hydrogens (tertiary/aromatic N) is 1. The van der Waals surface area contributed by atoms with E-state index in [0.29, 0.717) is 0 Å². The van der Waals surface area contributed by atoms with Crippen LogP contribution in [-0.4, -0.2) is 16.1 Å².